The summed E-state index contributed by atoms with van der Waals surface area (Å²) in [5, 5.41) is 1.22. The van der Waals surface area contributed by atoms with Gasteiger partial charge in [-0.25, -0.2) is 4.79 Å². The van der Waals surface area contributed by atoms with Crippen LogP contribution in [0.2, 0.25) is 0 Å². The number of nitrogens with one attached hydrogen (secondary N) is 1. The van der Waals surface area contributed by atoms with Crippen molar-refractivity contribution in [3.8, 4) is 11.5 Å². The molecule has 1 saturated carbocycles. The monoisotopic (exact) mass is 589 g/mol. The fourth-order valence-corrected chi connectivity index (χ4v) is 7.57. The fourth-order valence-electron chi connectivity index (χ4n) is 7.57. The Bertz CT molecular complexity index is 1550. The minimum absolute atomic E-state index is 0.0123. The van der Waals surface area contributed by atoms with E-state index >= 15 is 0 Å². The van der Waals surface area contributed by atoms with Crippen LogP contribution in [0.3, 0.4) is 0 Å². The molecule has 0 amide bonds. The van der Waals surface area contributed by atoms with Crippen molar-refractivity contribution in [1.82, 2.24) is 9.88 Å². The van der Waals surface area contributed by atoms with Crippen LogP contribution in [-0.4, -0.2) is 75.6 Å². The Balaban J connectivity index is 1.24. The predicted octanol–water partition coefficient (Wildman–Crippen LogP) is 4.14. The van der Waals surface area contributed by atoms with Crippen molar-refractivity contribution >= 4 is 34.6 Å². The zero-order chi connectivity index (χ0) is 30.2. The van der Waals surface area contributed by atoms with Gasteiger partial charge in [0.25, 0.3) is 0 Å². The molecule has 6 rings (SSSR count). The van der Waals surface area contributed by atoms with Crippen molar-refractivity contribution in [2.24, 2.45) is 17.8 Å². The van der Waals surface area contributed by atoms with Crippen molar-refractivity contribution in [3.63, 3.8) is 0 Å². The van der Waals surface area contributed by atoms with E-state index in [-0.39, 0.29) is 23.8 Å². The number of hydrogen-bond acceptors (Lipinski definition) is 9. The number of carbonyl (C=O) groups is 2. The number of nitrogen functional groups attached to an aromatic ring is 1. The average molecular weight is 590 g/mol. The van der Waals surface area contributed by atoms with Crippen LogP contribution >= 0.6 is 0 Å². The summed E-state index contributed by atoms with van der Waals surface area (Å²) in [5.74, 6) is 0.132. The number of hydrogen-bond donors (Lipinski definition) is 2. The van der Waals surface area contributed by atoms with Crippen molar-refractivity contribution in [1.29, 1.82) is 0 Å². The first-order valence-corrected chi connectivity index (χ1v) is 14.7. The van der Waals surface area contributed by atoms with E-state index in [9.17, 15) is 9.59 Å². The maximum absolute atomic E-state index is 13.3. The van der Waals surface area contributed by atoms with Gasteiger partial charge < -0.3 is 34.4 Å². The van der Waals surface area contributed by atoms with Crippen molar-refractivity contribution in [3.05, 3.63) is 59.3 Å². The smallest absolute Gasteiger partial charge is 0.331 e. The minimum atomic E-state index is -0.621. The van der Waals surface area contributed by atoms with E-state index in [1.54, 1.807) is 39.5 Å². The van der Waals surface area contributed by atoms with Crippen LogP contribution < -0.4 is 15.2 Å². The third kappa shape index (κ3) is 5.34. The molecule has 6 atom stereocenters. The van der Waals surface area contributed by atoms with Crippen molar-refractivity contribution < 1.29 is 33.3 Å². The third-order valence-corrected chi connectivity index (χ3v) is 9.53. The van der Waals surface area contributed by atoms with Gasteiger partial charge in [0.05, 0.1) is 39.0 Å². The van der Waals surface area contributed by atoms with Gasteiger partial charge in [0.15, 0.2) is 0 Å². The normalized spacial score (nSPS) is 26.8. The molecule has 1 aromatic heterocycles. The molecular weight excluding hydrogens is 550 g/mol. The Morgan fingerprint density at radius 2 is 1.88 bits per heavy atom. The zero-order valence-electron chi connectivity index (χ0n) is 25.0. The largest absolute Gasteiger partial charge is 0.497 e. The quantitative estimate of drug-likeness (QED) is 0.238. The summed E-state index contributed by atoms with van der Waals surface area (Å²) in [7, 11) is 6.20. The van der Waals surface area contributed by atoms with Crippen molar-refractivity contribution in [2.75, 3.05) is 47.3 Å². The number of benzene rings is 2. The van der Waals surface area contributed by atoms with E-state index in [0.717, 1.165) is 42.8 Å². The van der Waals surface area contributed by atoms with E-state index in [0.29, 0.717) is 17.9 Å². The molecule has 3 heterocycles. The number of rotatable bonds is 7. The number of carbonyl (C=O) groups excluding carboxylic acids is 2. The number of anilines is 1. The molecule has 3 N–H and O–H groups in total. The highest BCUT2D eigenvalue weighted by molar-refractivity contribution is 5.88. The second-order valence-corrected chi connectivity index (χ2v) is 11.6. The molecule has 43 heavy (non-hydrogen) atoms. The first-order valence-electron chi connectivity index (χ1n) is 14.7. The lowest BCUT2D eigenvalue weighted by Crippen LogP contribution is -2.58. The summed E-state index contributed by atoms with van der Waals surface area (Å²) in [6.07, 6.45) is 4.13. The van der Waals surface area contributed by atoms with Gasteiger partial charge in [0, 0.05) is 48.9 Å². The fraction of sp³-hybridized carbons (Fsp3) is 0.455. The number of nitrogens with zero attached hydrogens (tertiary/aromatic N) is 1. The molecule has 3 aromatic rings. The Labute approximate surface area is 251 Å². The summed E-state index contributed by atoms with van der Waals surface area (Å²) in [5.41, 5.74) is 10.8. The highest BCUT2D eigenvalue weighted by Crippen LogP contribution is 2.50. The maximum atomic E-state index is 13.3. The number of esters is 2. The topological polar surface area (TPSA) is 125 Å². The van der Waals surface area contributed by atoms with E-state index < -0.39 is 24.1 Å². The number of methoxy groups -OCH3 is 4. The van der Waals surface area contributed by atoms with Crippen molar-refractivity contribution in [2.45, 2.75) is 37.5 Å². The summed E-state index contributed by atoms with van der Waals surface area (Å²) >= 11 is 0. The number of H-pyrrole nitrogens is 1. The van der Waals surface area contributed by atoms with Crippen LogP contribution in [0.5, 0.6) is 11.5 Å². The molecule has 0 spiro atoms. The van der Waals surface area contributed by atoms with Gasteiger partial charge >= 0.3 is 11.9 Å². The number of aromatic amines is 1. The number of aromatic nitrogens is 1. The molecule has 2 aliphatic heterocycles. The lowest BCUT2D eigenvalue weighted by Gasteiger charge is -2.52. The summed E-state index contributed by atoms with van der Waals surface area (Å²) in [6.45, 7) is 1.72. The average Bonchev–Trinajstić information content (AvgIpc) is 3.40. The van der Waals surface area contributed by atoms with Crippen LogP contribution in [-0.2, 0) is 30.2 Å². The van der Waals surface area contributed by atoms with E-state index in [4.69, 9.17) is 29.4 Å². The Kier molecular flexibility index (Phi) is 8.07. The molecule has 10 heteroatoms. The second-order valence-electron chi connectivity index (χ2n) is 11.6. The van der Waals surface area contributed by atoms with Gasteiger partial charge in [0.2, 0.25) is 0 Å². The van der Waals surface area contributed by atoms with Gasteiger partial charge in [-0.05, 0) is 72.6 Å². The highest BCUT2D eigenvalue weighted by atomic mass is 16.6. The number of nitrogens with two attached hydrogens (primary N) is 1. The van der Waals surface area contributed by atoms with Gasteiger partial charge in [-0.2, -0.15) is 0 Å². The molecule has 1 saturated heterocycles. The molecule has 2 fully saturated rings. The summed E-state index contributed by atoms with van der Waals surface area (Å²) < 4.78 is 27.8. The van der Waals surface area contributed by atoms with E-state index in [1.807, 2.05) is 18.2 Å². The standard InChI is InChI=1S/C33H39N3O7/c1-39-20-7-8-21-22-11-12-36-17-19-14-28(43-29(37)10-6-18-5-9-27(40-2)24(34)13-18)32(41-3)30(33(38)42-4)23(19)16-26(36)31(22)35-25(21)15-20/h5-10,13,15,19,23,26,28,30,32,35H,11-12,14,16-17,34H2,1-4H3/t19-,23+,26-,28-,30+,32+/m1/s1. The molecular formula is C33H39N3O7. The molecule has 2 aromatic carbocycles. The highest BCUT2D eigenvalue weighted by Gasteiger charge is 2.54. The maximum Gasteiger partial charge on any atom is 0.331 e. The molecule has 0 radical (unpaired) electrons. The minimum Gasteiger partial charge on any atom is -0.497 e. The number of piperidine rings is 1. The molecule has 0 unspecified atom stereocenters. The molecule has 10 nitrogen and oxygen atoms in total. The Hall–Kier alpha value is -4.02. The van der Waals surface area contributed by atoms with Crippen LogP contribution in [0.4, 0.5) is 5.69 Å². The first-order chi connectivity index (χ1) is 20.8. The van der Waals surface area contributed by atoms with E-state index in [1.165, 1.54) is 29.8 Å². The summed E-state index contributed by atoms with van der Waals surface area (Å²) in [6, 6.07) is 11.6. The molecule has 3 aliphatic rings. The van der Waals surface area contributed by atoms with E-state index in [2.05, 4.69) is 16.0 Å². The first kappa shape index (κ1) is 29.1. The van der Waals surface area contributed by atoms with Crippen LogP contribution in [0, 0.1) is 17.8 Å². The van der Waals surface area contributed by atoms with Crippen LogP contribution in [0.1, 0.15) is 35.7 Å². The van der Waals surface area contributed by atoms with Gasteiger partial charge in [0.1, 0.15) is 23.7 Å². The zero-order valence-corrected chi connectivity index (χ0v) is 25.0. The summed E-state index contributed by atoms with van der Waals surface area (Å²) in [4.78, 5) is 32.5. The number of fused-ring (bicyclic) bond motifs is 6. The second kappa shape index (κ2) is 11.9. The SMILES string of the molecule is COC(=O)[C@H]1[C@H]2C[C@@H]3c4[nH]c5cc(OC)ccc5c4CCN3C[C@H]2C[C@@H](OC(=O)C=Cc2ccc(OC)c(N)c2)[C@@H]1OC. The molecule has 228 valence electrons. The van der Waals surface area contributed by atoms with Gasteiger partial charge in [-0.15, -0.1) is 0 Å². The lowest BCUT2D eigenvalue weighted by atomic mass is 9.63. The van der Waals surface area contributed by atoms with Crippen LogP contribution in [0.25, 0.3) is 17.0 Å². The van der Waals surface area contributed by atoms with Gasteiger partial charge in [-0.1, -0.05) is 6.07 Å². The molecule has 0 bridgehead atoms. The predicted molar refractivity (Wildman–Crippen MR) is 162 cm³/mol. The Morgan fingerprint density at radius 3 is 2.60 bits per heavy atom. The lowest BCUT2D eigenvalue weighted by molar-refractivity contribution is -0.187. The molecule has 1 aliphatic carbocycles. The number of ether oxygens (including phenoxy) is 5. The van der Waals surface area contributed by atoms with Crippen LogP contribution in [0.15, 0.2) is 42.5 Å². The Morgan fingerprint density at radius 1 is 1.05 bits per heavy atom. The third-order valence-electron chi connectivity index (χ3n) is 9.53. The van der Waals surface area contributed by atoms with Gasteiger partial charge in [-0.3, -0.25) is 9.69 Å².